The predicted molar refractivity (Wildman–Crippen MR) is 109 cm³/mol. The van der Waals surface area contributed by atoms with Gasteiger partial charge in [-0.1, -0.05) is 18.2 Å². The van der Waals surface area contributed by atoms with Gasteiger partial charge in [0.05, 0.1) is 16.0 Å². The van der Waals surface area contributed by atoms with Crippen molar-refractivity contribution in [3.05, 3.63) is 64.8 Å². The van der Waals surface area contributed by atoms with Gasteiger partial charge >= 0.3 is 0 Å². The zero-order valence-corrected chi connectivity index (χ0v) is 16.5. The van der Waals surface area contributed by atoms with Gasteiger partial charge in [0.2, 0.25) is 10.0 Å². The predicted octanol–water partition coefficient (Wildman–Crippen LogP) is 3.63. The van der Waals surface area contributed by atoms with Crippen LogP contribution in [0.5, 0.6) is 0 Å². The second-order valence-corrected chi connectivity index (χ2v) is 8.86. The SMILES string of the molecule is Cc1cc(S(N)(=O)=O)cc(NC(=O)c2cc(C3CC3)nc3ccccc23)c1C. The molecule has 2 aromatic carbocycles. The summed E-state index contributed by atoms with van der Waals surface area (Å²) in [6.45, 7) is 3.62. The molecule has 0 radical (unpaired) electrons. The van der Waals surface area contributed by atoms with Gasteiger partial charge in [-0.05, 0) is 62.1 Å². The number of primary sulfonamides is 1. The summed E-state index contributed by atoms with van der Waals surface area (Å²) < 4.78 is 23.5. The van der Waals surface area contributed by atoms with Gasteiger partial charge in [-0.15, -0.1) is 0 Å². The Balaban J connectivity index is 1.78. The fourth-order valence-electron chi connectivity index (χ4n) is 3.28. The topological polar surface area (TPSA) is 102 Å². The molecule has 1 aliphatic rings. The van der Waals surface area contributed by atoms with E-state index in [0.29, 0.717) is 17.2 Å². The molecule has 0 bridgehead atoms. The van der Waals surface area contributed by atoms with Crippen LogP contribution in [0, 0.1) is 13.8 Å². The number of para-hydroxylation sites is 1. The van der Waals surface area contributed by atoms with Gasteiger partial charge in [-0.25, -0.2) is 13.6 Å². The van der Waals surface area contributed by atoms with Crippen LogP contribution in [0.4, 0.5) is 5.69 Å². The number of pyridine rings is 1. The third-order valence-electron chi connectivity index (χ3n) is 5.19. The monoisotopic (exact) mass is 395 g/mol. The van der Waals surface area contributed by atoms with Crippen molar-refractivity contribution in [3.8, 4) is 0 Å². The molecule has 1 heterocycles. The summed E-state index contributed by atoms with van der Waals surface area (Å²) in [4.78, 5) is 17.8. The van der Waals surface area contributed by atoms with Crippen molar-refractivity contribution in [2.45, 2.75) is 37.5 Å². The molecule has 0 aliphatic heterocycles. The third kappa shape index (κ3) is 3.50. The average molecular weight is 395 g/mol. The summed E-state index contributed by atoms with van der Waals surface area (Å²) in [5, 5.41) is 8.91. The molecular weight excluding hydrogens is 374 g/mol. The van der Waals surface area contributed by atoms with Crippen molar-refractivity contribution in [1.82, 2.24) is 4.98 Å². The van der Waals surface area contributed by atoms with E-state index < -0.39 is 10.0 Å². The number of rotatable bonds is 4. The highest BCUT2D eigenvalue weighted by molar-refractivity contribution is 7.89. The fourth-order valence-corrected chi connectivity index (χ4v) is 3.91. The first-order valence-electron chi connectivity index (χ1n) is 9.09. The highest BCUT2D eigenvalue weighted by Gasteiger charge is 2.27. The van der Waals surface area contributed by atoms with Crippen LogP contribution in [0.2, 0.25) is 0 Å². The van der Waals surface area contributed by atoms with E-state index in [9.17, 15) is 13.2 Å². The van der Waals surface area contributed by atoms with Crippen molar-refractivity contribution >= 4 is 32.5 Å². The summed E-state index contributed by atoms with van der Waals surface area (Å²) in [7, 11) is -3.87. The number of aromatic nitrogens is 1. The van der Waals surface area contributed by atoms with E-state index in [1.54, 1.807) is 6.92 Å². The van der Waals surface area contributed by atoms with Crippen molar-refractivity contribution < 1.29 is 13.2 Å². The van der Waals surface area contributed by atoms with Crippen LogP contribution in [0.15, 0.2) is 47.4 Å². The number of amides is 1. The summed E-state index contributed by atoms with van der Waals surface area (Å²) >= 11 is 0. The zero-order valence-electron chi connectivity index (χ0n) is 15.7. The Morgan fingerprint density at radius 2 is 1.86 bits per heavy atom. The van der Waals surface area contributed by atoms with Crippen LogP contribution >= 0.6 is 0 Å². The minimum atomic E-state index is -3.87. The van der Waals surface area contributed by atoms with Gasteiger partial charge in [-0.3, -0.25) is 9.78 Å². The van der Waals surface area contributed by atoms with E-state index in [1.165, 1.54) is 12.1 Å². The average Bonchev–Trinajstić information content (AvgIpc) is 3.48. The molecular formula is C21H21N3O3S. The molecule has 3 aromatic rings. The molecule has 28 heavy (non-hydrogen) atoms. The molecule has 6 nitrogen and oxygen atoms in total. The lowest BCUT2D eigenvalue weighted by molar-refractivity contribution is 0.102. The summed E-state index contributed by atoms with van der Waals surface area (Å²) in [5.41, 5.74) is 4.20. The molecule has 0 saturated heterocycles. The lowest BCUT2D eigenvalue weighted by Gasteiger charge is -2.14. The molecule has 1 aromatic heterocycles. The van der Waals surface area contributed by atoms with Gasteiger partial charge in [0.1, 0.15) is 0 Å². The molecule has 0 unspecified atom stereocenters. The van der Waals surface area contributed by atoms with E-state index in [-0.39, 0.29) is 10.8 Å². The van der Waals surface area contributed by atoms with Crippen LogP contribution in [0.25, 0.3) is 10.9 Å². The van der Waals surface area contributed by atoms with E-state index >= 15 is 0 Å². The summed E-state index contributed by atoms with van der Waals surface area (Å²) in [6, 6.07) is 12.3. The molecule has 144 valence electrons. The molecule has 3 N–H and O–H groups in total. The molecule has 1 fully saturated rings. The molecule has 7 heteroatoms. The zero-order chi connectivity index (χ0) is 20.1. The van der Waals surface area contributed by atoms with Crippen molar-refractivity contribution in [2.24, 2.45) is 5.14 Å². The number of nitrogens with one attached hydrogen (secondary N) is 1. The maximum absolute atomic E-state index is 13.1. The molecule has 0 spiro atoms. The second-order valence-electron chi connectivity index (χ2n) is 7.30. The number of carbonyl (C=O) groups excluding carboxylic acids is 1. The first kappa shape index (κ1) is 18.6. The lowest BCUT2D eigenvalue weighted by Crippen LogP contribution is -2.17. The normalized spacial score (nSPS) is 14.2. The van der Waals surface area contributed by atoms with Crippen LogP contribution in [-0.4, -0.2) is 19.3 Å². The standard InChI is InChI=1S/C21H21N3O3S/c1-12-9-15(28(22,26)27)10-19(13(12)2)24-21(25)17-11-20(14-7-8-14)23-18-6-4-3-5-16(17)18/h3-6,9-11,14H,7-8H2,1-2H3,(H,24,25)(H2,22,26,27). The van der Waals surface area contributed by atoms with Crippen molar-refractivity contribution in [3.63, 3.8) is 0 Å². The second kappa shape index (κ2) is 6.68. The van der Waals surface area contributed by atoms with Crippen LogP contribution < -0.4 is 10.5 Å². The Kier molecular flexibility index (Phi) is 4.44. The number of nitrogens with zero attached hydrogens (tertiary/aromatic N) is 1. The van der Waals surface area contributed by atoms with E-state index in [2.05, 4.69) is 10.3 Å². The van der Waals surface area contributed by atoms with Crippen LogP contribution in [-0.2, 0) is 10.0 Å². The number of nitrogens with two attached hydrogens (primary N) is 1. The van der Waals surface area contributed by atoms with Gasteiger partial charge in [0, 0.05) is 22.7 Å². The Morgan fingerprint density at radius 1 is 1.14 bits per heavy atom. The number of hydrogen-bond donors (Lipinski definition) is 2. The Bertz CT molecular complexity index is 1220. The smallest absolute Gasteiger partial charge is 0.256 e. The van der Waals surface area contributed by atoms with Gasteiger partial charge in [-0.2, -0.15) is 0 Å². The fraction of sp³-hybridized carbons (Fsp3) is 0.238. The number of carbonyl (C=O) groups is 1. The van der Waals surface area contributed by atoms with Gasteiger partial charge in [0.15, 0.2) is 0 Å². The Hall–Kier alpha value is -2.77. The molecule has 1 aliphatic carbocycles. The van der Waals surface area contributed by atoms with Gasteiger partial charge in [0.25, 0.3) is 5.91 Å². The maximum atomic E-state index is 13.1. The number of hydrogen-bond acceptors (Lipinski definition) is 4. The van der Waals surface area contributed by atoms with Gasteiger partial charge < -0.3 is 5.32 Å². The number of benzene rings is 2. The maximum Gasteiger partial charge on any atom is 0.256 e. The van der Waals surface area contributed by atoms with E-state index in [1.807, 2.05) is 37.3 Å². The highest BCUT2D eigenvalue weighted by atomic mass is 32.2. The number of sulfonamides is 1. The quantitative estimate of drug-likeness (QED) is 0.704. The first-order valence-corrected chi connectivity index (χ1v) is 10.6. The number of fused-ring (bicyclic) bond motifs is 1. The minimum Gasteiger partial charge on any atom is -0.322 e. The van der Waals surface area contributed by atoms with Crippen molar-refractivity contribution in [1.29, 1.82) is 0 Å². The molecule has 1 amide bonds. The number of anilines is 1. The molecule has 0 atom stereocenters. The first-order chi connectivity index (χ1) is 13.2. The molecule has 4 rings (SSSR count). The number of aryl methyl sites for hydroxylation is 1. The lowest BCUT2D eigenvalue weighted by atomic mass is 10.0. The summed E-state index contributed by atoms with van der Waals surface area (Å²) in [5.74, 6) is 0.111. The Morgan fingerprint density at radius 3 is 2.54 bits per heavy atom. The van der Waals surface area contributed by atoms with Crippen LogP contribution in [0.1, 0.15) is 45.9 Å². The minimum absolute atomic E-state index is 0.0239. The largest absolute Gasteiger partial charge is 0.322 e. The van der Waals surface area contributed by atoms with Crippen LogP contribution in [0.3, 0.4) is 0 Å². The Labute approximate surface area is 163 Å². The summed E-state index contributed by atoms with van der Waals surface area (Å²) in [6.07, 6.45) is 2.17. The molecule has 1 saturated carbocycles. The third-order valence-corrected chi connectivity index (χ3v) is 6.09. The van der Waals surface area contributed by atoms with E-state index in [4.69, 9.17) is 5.14 Å². The van der Waals surface area contributed by atoms with E-state index in [0.717, 1.165) is 40.6 Å². The highest BCUT2D eigenvalue weighted by Crippen LogP contribution is 2.40. The van der Waals surface area contributed by atoms with Crippen molar-refractivity contribution in [2.75, 3.05) is 5.32 Å².